The van der Waals surface area contributed by atoms with Crippen molar-refractivity contribution in [1.82, 2.24) is 5.32 Å². The molecular formula is C16H17BrN2O3. The number of amides is 2. The molecule has 0 saturated carbocycles. The number of carbonyl (C=O) groups is 1. The third kappa shape index (κ3) is 4.14. The summed E-state index contributed by atoms with van der Waals surface area (Å²) in [7, 11) is 3.08. The van der Waals surface area contributed by atoms with E-state index >= 15 is 0 Å². The summed E-state index contributed by atoms with van der Waals surface area (Å²) in [6, 6.07) is 12.7. The Balaban J connectivity index is 2.03. The summed E-state index contributed by atoms with van der Waals surface area (Å²) >= 11 is 3.40. The topological polar surface area (TPSA) is 59.6 Å². The monoisotopic (exact) mass is 364 g/mol. The smallest absolute Gasteiger partial charge is 0.319 e. The lowest BCUT2D eigenvalue weighted by molar-refractivity contribution is 0.251. The Hall–Kier alpha value is -2.21. The normalized spacial score (nSPS) is 9.95. The second-order valence-electron chi connectivity index (χ2n) is 4.48. The van der Waals surface area contributed by atoms with E-state index in [0.717, 1.165) is 10.0 Å². The van der Waals surface area contributed by atoms with Gasteiger partial charge in [-0.1, -0.05) is 34.1 Å². The highest BCUT2D eigenvalue weighted by Crippen LogP contribution is 2.33. The lowest BCUT2D eigenvalue weighted by Gasteiger charge is -2.14. The highest BCUT2D eigenvalue weighted by atomic mass is 79.9. The van der Waals surface area contributed by atoms with Crippen LogP contribution in [-0.2, 0) is 6.54 Å². The molecule has 6 heteroatoms. The molecule has 0 radical (unpaired) electrons. The number of para-hydroxylation sites is 1. The number of anilines is 1. The first-order chi connectivity index (χ1) is 10.6. The van der Waals surface area contributed by atoms with Gasteiger partial charge < -0.3 is 20.1 Å². The van der Waals surface area contributed by atoms with Gasteiger partial charge in [-0.2, -0.15) is 0 Å². The van der Waals surface area contributed by atoms with Gasteiger partial charge in [-0.05, 0) is 29.8 Å². The van der Waals surface area contributed by atoms with Crippen molar-refractivity contribution in [2.75, 3.05) is 19.5 Å². The molecule has 2 aromatic carbocycles. The minimum absolute atomic E-state index is 0.331. The number of benzene rings is 2. The van der Waals surface area contributed by atoms with E-state index in [9.17, 15) is 4.79 Å². The van der Waals surface area contributed by atoms with Gasteiger partial charge in [0.15, 0.2) is 0 Å². The van der Waals surface area contributed by atoms with E-state index in [1.807, 2.05) is 24.3 Å². The predicted octanol–water partition coefficient (Wildman–Crippen LogP) is 3.79. The van der Waals surface area contributed by atoms with E-state index < -0.39 is 0 Å². The van der Waals surface area contributed by atoms with Crippen molar-refractivity contribution < 1.29 is 14.3 Å². The van der Waals surface area contributed by atoms with Crippen molar-refractivity contribution in [1.29, 1.82) is 0 Å². The minimum atomic E-state index is -0.331. The second-order valence-corrected chi connectivity index (χ2v) is 5.39. The van der Waals surface area contributed by atoms with Crippen LogP contribution in [0.5, 0.6) is 11.5 Å². The standard InChI is InChI=1S/C16H17BrN2O3/c1-21-13-7-4-8-14(22-2)15(13)19-16(20)18-10-11-5-3-6-12(17)9-11/h3-9H,10H2,1-2H3,(H2,18,19,20). The number of carbonyl (C=O) groups excluding carboxylic acids is 1. The lowest BCUT2D eigenvalue weighted by Crippen LogP contribution is -2.28. The van der Waals surface area contributed by atoms with Crippen LogP contribution in [0, 0.1) is 0 Å². The largest absolute Gasteiger partial charge is 0.494 e. The third-order valence-corrected chi connectivity index (χ3v) is 3.50. The van der Waals surface area contributed by atoms with Crippen LogP contribution in [0.3, 0.4) is 0 Å². The number of hydrogen-bond donors (Lipinski definition) is 2. The molecule has 0 aliphatic heterocycles. The molecule has 0 aromatic heterocycles. The molecule has 116 valence electrons. The van der Waals surface area contributed by atoms with Gasteiger partial charge in [-0.3, -0.25) is 0 Å². The van der Waals surface area contributed by atoms with Gasteiger partial charge in [0, 0.05) is 11.0 Å². The fourth-order valence-corrected chi connectivity index (χ4v) is 2.41. The number of rotatable bonds is 5. The zero-order chi connectivity index (χ0) is 15.9. The van der Waals surface area contributed by atoms with Gasteiger partial charge in [0.05, 0.1) is 14.2 Å². The lowest BCUT2D eigenvalue weighted by atomic mass is 10.2. The first-order valence-electron chi connectivity index (χ1n) is 6.64. The molecule has 0 unspecified atom stereocenters. The van der Waals surface area contributed by atoms with E-state index in [2.05, 4.69) is 26.6 Å². The quantitative estimate of drug-likeness (QED) is 0.848. The van der Waals surface area contributed by atoms with Crippen LogP contribution in [0.15, 0.2) is 46.9 Å². The zero-order valence-corrected chi connectivity index (χ0v) is 13.9. The Labute approximate surface area is 137 Å². The second kappa shape index (κ2) is 7.70. The maximum absolute atomic E-state index is 12.1. The van der Waals surface area contributed by atoms with E-state index in [4.69, 9.17) is 9.47 Å². The molecule has 2 amide bonds. The van der Waals surface area contributed by atoms with Crippen LogP contribution < -0.4 is 20.1 Å². The van der Waals surface area contributed by atoms with Crippen molar-refractivity contribution in [2.24, 2.45) is 0 Å². The molecule has 0 saturated heterocycles. The third-order valence-electron chi connectivity index (χ3n) is 3.01. The van der Waals surface area contributed by atoms with Crippen molar-refractivity contribution in [3.63, 3.8) is 0 Å². The summed E-state index contributed by atoms with van der Waals surface area (Å²) in [6.07, 6.45) is 0. The van der Waals surface area contributed by atoms with E-state index in [0.29, 0.717) is 23.7 Å². The summed E-state index contributed by atoms with van der Waals surface area (Å²) in [4.78, 5) is 12.1. The summed E-state index contributed by atoms with van der Waals surface area (Å²) in [6.45, 7) is 0.419. The Morgan fingerprint density at radius 3 is 2.32 bits per heavy atom. The number of hydrogen-bond acceptors (Lipinski definition) is 3. The summed E-state index contributed by atoms with van der Waals surface area (Å²) in [5.41, 5.74) is 1.50. The maximum atomic E-state index is 12.1. The maximum Gasteiger partial charge on any atom is 0.319 e. The molecule has 0 atom stereocenters. The summed E-state index contributed by atoms with van der Waals surface area (Å²) in [5.74, 6) is 1.08. The molecule has 2 aromatic rings. The first-order valence-corrected chi connectivity index (χ1v) is 7.43. The Kier molecular flexibility index (Phi) is 5.66. The number of ether oxygens (including phenoxy) is 2. The van der Waals surface area contributed by atoms with Crippen molar-refractivity contribution in [3.05, 3.63) is 52.5 Å². The van der Waals surface area contributed by atoms with E-state index in [1.165, 1.54) is 0 Å². The van der Waals surface area contributed by atoms with Gasteiger partial charge >= 0.3 is 6.03 Å². The molecule has 0 spiro atoms. The molecule has 2 rings (SSSR count). The van der Waals surface area contributed by atoms with Gasteiger partial charge in [0.1, 0.15) is 17.2 Å². The van der Waals surface area contributed by atoms with Gasteiger partial charge in [0.25, 0.3) is 0 Å². The van der Waals surface area contributed by atoms with Crippen LogP contribution in [0.1, 0.15) is 5.56 Å². The Morgan fingerprint density at radius 2 is 1.73 bits per heavy atom. The minimum Gasteiger partial charge on any atom is -0.494 e. The van der Waals surface area contributed by atoms with Crippen LogP contribution in [0.2, 0.25) is 0 Å². The predicted molar refractivity (Wildman–Crippen MR) is 89.5 cm³/mol. The van der Waals surface area contributed by atoms with Crippen LogP contribution >= 0.6 is 15.9 Å². The number of urea groups is 1. The molecule has 22 heavy (non-hydrogen) atoms. The fraction of sp³-hybridized carbons (Fsp3) is 0.188. The fourth-order valence-electron chi connectivity index (χ4n) is 1.96. The average molecular weight is 365 g/mol. The molecule has 0 aliphatic carbocycles. The SMILES string of the molecule is COc1cccc(OC)c1NC(=O)NCc1cccc(Br)c1. The van der Waals surface area contributed by atoms with E-state index in [-0.39, 0.29) is 6.03 Å². The van der Waals surface area contributed by atoms with Crippen molar-refractivity contribution in [2.45, 2.75) is 6.54 Å². The van der Waals surface area contributed by atoms with Crippen LogP contribution in [-0.4, -0.2) is 20.3 Å². The highest BCUT2D eigenvalue weighted by Gasteiger charge is 2.12. The number of halogens is 1. The van der Waals surface area contributed by atoms with Gasteiger partial charge in [-0.25, -0.2) is 4.79 Å². The zero-order valence-electron chi connectivity index (χ0n) is 12.4. The highest BCUT2D eigenvalue weighted by molar-refractivity contribution is 9.10. The van der Waals surface area contributed by atoms with Crippen LogP contribution in [0.25, 0.3) is 0 Å². The van der Waals surface area contributed by atoms with Crippen LogP contribution in [0.4, 0.5) is 10.5 Å². The molecule has 2 N–H and O–H groups in total. The van der Waals surface area contributed by atoms with Crippen molar-refractivity contribution >= 4 is 27.6 Å². The van der Waals surface area contributed by atoms with E-state index in [1.54, 1.807) is 32.4 Å². The first kappa shape index (κ1) is 16.2. The average Bonchev–Trinajstić information content (AvgIpc) is 2.53. The molecule has 0 heterocycles. The van der Waals surface area contributed by atoms with Gasteiger partial charge in [-0.15, -0.1) is 0 Å². The number of methoxy groups -OCH3 is 2. The molecule has 0 fully saturated rings. The molecule has 5 nitrogen and oxygen atoms in total. The van der Waals surface area contributed by atoms with Gasteiger partial charge in [0.2, 0.25) is 0 Å². The summed E-state index contributed by atoms with van der Waals surface area (Å²) in [5, 5.41) is 5.55. The molecular weight excluding hydrogens is 348 g/mol. The van der Waals surface area contributed by atoms with Crippen molar-refractivity contribution in [3.8, 4) is 11.5 Å². The molecule has 0 aliphatic rings. The Morgan fingerprint density at radius 1 is 1.09 bits per heavy atom. The summed E-state index contributed by atoms with van der Waals surface area (Å²) < 4.78 is 11.4. The molecule has 0 bridgehead atoms. The Bertz CT molecular complexity index is 639. The number of nitrogens with one attached hydrogen (secondary N) is 2.